The van der Waals surface area contributed by atoms with Crippen LogP contribution in [0.3, 0.4) is 0 Å². The zero-order valence-corrected chi connectivity index (χ0v) is 9.45. The van der Waals surface area contributed by atoms with E-state index in [9.17, 15) is 5.11 Å². The summed E-state index contributed by atoms with van der Waals surface area (Å²) < 4.78 is 2.17. The van der Waals surface area contributed by atoms with E-state index in [0.717, 1.165) is 15.5 Å². The molecule has 1 rings (SSSR count). The van der Waals surface area contributed by atoms with Crippen molar-refractivity contribution in [1.82, 2.24) is 0 Å². The normalized spacial score (nSPS) is 28.4. The van der Waals surface area contributed by atoms with Gasteiger partial charge in [-0.1, -0.05) is 0 Å². The molecular weight excluding hydrogens is 164 g/mol. The molecule has 1 unspecified atom stereocenters. The van der Waals surface area contributed by atoms with Crippen LogP contribution in [0.2, 0.25) is 0 Å². The molecular formula is C10H24N2O+2. The van der Waals surface area contributed by atoms with Crippen LogP contribution in [-0.4, -0.2) is 74.0 Å². The highest BCUT2D eigenvalue weighted by Gasteiger charge is 2.34. The minimum Gasteiger partial charge on any atom is -0.388 e. The second kappa shape index (κ2) is 3.56. The molecule has 0 aromatic carbocycles. The van der Waals surface area contributed by atoms with Crippen LogP contribution < -0.4 is 0 Å². The summed E-state index contributed by atoms with van der Waals surface area (Å²) >= 11 is 0. The Morgan fingerprint density at radius 3 is 1.92 bits per heavy atom. The van der Waals surface area contributed by atoms with Crippen molar-refractivity contribution in [3.8, 4) is 0 Å². The van der Waals surface area contributed by atoms with Crippen molar-refractivity contribution in [2.45, 2.75) is 13.0 Å². The minimum atomic E-state index is -0.168. The van der Waals surface area contributed by atoms with Gasteiger partial charge in [-0.05, 0) is 6.92 Å². The Labute approximate surface area is 81.8 Å². The Morgan fingerprint density at radius 2 is 1.54 bits per heavy atom. The van der Waals surface area contributed by atoms with Crippen LogP contribution in [-0.2, 0) is 0 Å². The predicted octanol–water partition coefficient (Wildman–Crippen LogP) is -0.0962. The highest BCUT2D eigenvalue weighted by molar-refractivity contribution is 4.51. The summed E-state index contributed by atoms with van der Waals surface area (Å²) in [6.07, 6.45) is -0.168. The van der Waals surface area contributed by atoms with Gasteiger partial charge in [-0.25, -0.2) is 0 Å². The molecule has 0 aromatic heterocycles. The lowest BCUT2D eigenvalue weighted by atomic mass is 10.2. The fourth-order valence-electron chi connectivity index (χ4n) is 2.07. The molecule has 1 aliphatic heterocycles. The van der Waals surface area contributed by atoms with Crippen molar-refractivity contribution in [1.29, 1.82) is 0 Å². The summed E-state index contributed by atoms with van der Waals surface area (Å²) in [5, 5.41) is 9.38. The second-order valence-electron chi connectivity index (χ2n) is 5.48. The van der Waals surface area contributed by atoms with Crippen LogP contribution >= 0.6 is 0 Å². The number of piperazine rings is 1. The fourth-order valence-corrected chi connectivity index (χ4v) is 2.07. The fraction of sp³-hybridized carbons (Fsp3) is 1.00. The summed E-state index contributed by atoms with van der Waals surface area (Å²) in [5.74, 6) is 0. The maximum absolute atomic E-state index is 9.38. The Balaban J connectivity index is 2.47. The van der Waals surface area contributed by atoms with E-state index < -0.39 is 0 Å². The maximum atomic E-state index is 9.38. The lowest BCUT2D eigenvalue weighted by Crippen LogP contribution is -2.63. The Bertz CT molecular complexity index is 168. The lowest BCUT2D eigenvalue weighted by molar-refractivity contribution is -1.01. The van der Waals surface area contributed by atoms with Gasteiger partial charge in [-0.15, -0.1) is 0 Å². The van der Waals surface area contributed by atoms with E-state index in [0.29, 0.717) is 0 Å². The summed E-state index contributed by atoms with van der Waals surface area (Å²) in [5.41, 5.74) is 0. The molecule has 1 aliphatic rings. The molecule has 3 nitrogen and oxygen atoms in total. The van der Waals surface area contributed by atoms with Gasteiger partial charge < -0.3 is 14.1 Å². The Morgan fingerprint density at radius 1 is 1.08 bits per heavy atom. The van der Waals surface area contributed by atoms with Crippen LogP contribution in [0.25, 0.3) is 0 Å². The van der Waals surface area contributed by atoms with Crippen molar-refractivity contribution >= 4 is 0 Å². The molecule has 0 spiro atoms. The Hall–Kier alpha value is -0.120. The third-order valence-corrected chi connectivity index (χ3v) is 3.20. The number of quaternary nitrogens is 2. The summed E-state index contributed by atoms with van der Waals surface area (Å²) in [6.45, 7) is 7.63. The number of rotatable bonds is 2. The molecule has 3 heteroatoms. The SMILES string of the molecule is CC(O)C[N+]1(C)CC[N+](C)(C)CC1. The first kappa shape index (κ1) is 11.0. The van der Waals surface area contributed by atoms with Gasteiger partial charge >= 0.3 is 0 Å². The first-order chi connectivity index (χ1) is 5.83. The minimum absolute atomic E-state index is 0.168. The molecule has 0 radical (unpaired) electrons. The van der Waals surface area contributed by atoms with Crippen molar-refractivity contribution in [2.24, 2.45) is 0 Å². The highest BCUT2D eigenvalue weighted by Crippen LogP contribution is 2.13. The molecule has 1 fully saturated rings. The second-order valence-corrected chi connectivity index (χ2v) is 5.48. The van der Waals surface area contributed by atoms with Crippen LogP contribution in [0.1, 0.15) is 6.92 Å². The van der Waals surface area contributed by atoms with E-state index in [1.807, 2.05) is 6.92 Å². The molecule has 0 aromatic rings. The van der Waals surface area contributed by atoms with Gasteiger partial charge in [0.05, 0.1) is 21.1 Å². The van der Waals surface area contributed by atoms with Gasteiger partial charge in [-0.3, -0.25) is 0 Å². The van der Waals surface area contributed by atoms with E-state index in [2.05, 4.69) is 21.1 Å². The van der Waals surface area contributed by atoms with E-state index in [4.69, 9.17) is 0 Å². The first-order valence-electron chi connectivity index (χ1n) is 5.17. The van der Waals surface area contributed by atoms with Gasteiger partial charge in [0.15, 0.2) is 0 Å². The predicted molar refractivity (Wildman–Crippen MR) is 54.3 cm³/mol. The van der Waals surface area contributed by atoms with E-state index >= 15 is 0 Å². The smallest absolute Gasteiger partial charge is 0.129 e. The summed E-state index contributed by atoms with van der Waals surface area (Å²) in [7, 11) is 6.82. The van der Waals surface area contributed by atoms with Gasteiger partial charge in [0.2, 0.25) is 0 Å². The van der Waals surface area contributed by atoms with Gasteiger partial charge in [0, 0.05) is 0 Å². The monoisotopic (exact) mass is 188 g/mol. The molecule has 0 saturated carbocycles. The molecule has 0 aliphatic carbocycles. The van der Waals surface area contributed by atoms with Crippen molar-refractivity contribution in [3.63, 3.8) is 0 Å². The van der Waals surface area contributed by atoms with Crippen LogP contribution in [0, 0.1) is 0 Å². The van der Waals surface area contributed by atoms with E-state index in [1.165, 1.54) is 26.2 Å². The highest BCUT2D eigenvalue weighted by atomic mass is 16.3. The molecule has 0 bridgehead atoms. The maximum Gasteiger partial charge on any atom is 0.129 e. The van der Waals surface area contributed by atoms with Gasteiger partial charge in [-0.2, -0.15) is 0 Å². The number of likely N-dealkylation sites (N-methyl/N-ethyl adjacent to an activating group) is 2. The largest absolute Gasteiger partial charge is 0.388 e. The number of hydrogen-bond donors (Lipinski definition) is 1. The number of nitrogens with zero attached hydrogens (tertiary/aromatic N) is 2. The molecule has 1 heterocycles. The zero-order valence-electron chi connectivity index (χ0n) is 9.45. The van der Waals surface area contributed by atoms with Crippen LogP contribution in [0.4, 0.5) is 0 Å². The molecule has 1 saturated heterocycles. The topological polar surface area (TPSA) is 20.2 Å². The summed E-state index contributed by atoms with van der Waals surface area (Å²) in [6, 6.07) is 0. The van der Waals surface area contributed by atoms with Crippen molar-refractivity contribution < 1.29 is 14.1 Å². The van der Waals surface area contributed by atoms with E-state index in [1.54, 1.807) is 0 Å². The first-order valence-corrected chi connectivity index (χ1v) is 5.17. The molecule has 13 heavy (non-hydrogen) atoms. The zero-order chi connectivity index (χ0) is 10.1. The standard InChI is InChI=1S/C10H24N2O/c1-10(13)9-12(4)7-5-11(2,3)6-8-12/h10,13H,5-9H2,1-4H3/q+2. The molecule has 0 amide bonds. The average molecular weight is 188 g/mol. The summed E-state index contributed by atoms with van der Waals surface area (Å²) in [4.78, 5) is 0. The third-order valence-electron chi connectivity index (χ3n) is 3.20. The average Bonchev–Trinajstić information content (AvgIpc) is 1.95. The number of hydrogen-bond acceptors (Lipinski definition) is 1. The quantitative estimate of drug-likeness (QED) is 0.600. The van der Waals surface area contributed by atoms with Gasteiger partial charge in [0.1, 0.15) is 38.8 Å². The lowest BCUT2D eigenvalue weighted by Gasteiger charge is -2.44. The van der Waals surface area contributed by atoms with E-state index in [-0.39, 0.29) is 6.10 Å². The number of aliphatic hydroxyl groups is 1. The van der Waals surface area contributed by atoms with Crippen molar-refractivity contribution in [2.75, 3.05) is 53.9 Å². The molecule has 1 N–H and O–H groups in total. The molecule has 78 valence electrons. The van der Waals surface area contributed by atoms with Gasteiger partial charge in [0.25, 0.3) is 0 Å². The van der Waals surface area contributed by atoms with Crippen molar-refractivity contribution in [3.05, 3.63) is 0 Å². The van der Waals surface area contributed by atoms with Crippen LogP contribution in [0.15, 0.2) is 0 Å². The molecule has 1 atom stereocenters. The van der Waals surface area contributed by atoms with Crippen LogP contribution in [0.5, 0.6) is 0 Å². The number of aliphatic hydroxyl groups excluding tert-OH is 1. The Kier molecular flexibility index (Phi) is 3.00. The third kappa shape index (κ3) is 3.25.